The van der Waals surface area contributed by atoms with Crippen LogP contribution < -0.4 is 24.8 Å². The first-order valence-electron chi connectivity index (χ1n) is 8.38. The van der Waals surface area contributed by atoms with Crippen molar-refractivity contribution >= 4 is 12.0 Å². The lowest BCUT2D eigenvalue weighted by Gasteiger charge is -2.44. The topological polar surface area (TPSA) is 115 Å². The van der Waals surface area contributed by atoms with Crippen LogP contribution in [-0.2, 0) is 9.53 Å². The lowest BCUT2D eigenvalue weighted by atomic mass is 9.81. The van der Waals surface area contributed by atoms with Gasteiger partial charge in [0.15, 0.2) is 11.5 Å². The Morgan fingerprint density at radius 3 is 2.14 bits per heavy atom. The molecule has 162 valence electrons. The third-order valence-electron chi connectivity index (χ3n) is 4.39. The summed E-state index contributed by atoms with van der Waals surface area (Å²) in [6, 6.07) is -0.423. The number of ether oxygens (including phenoxy) is 4. The third-order valence-corrected chi connectivity index (χ3v) is 4.39. The summed E-state index contributed by atoms with van der Waals surface area (Å²) in [5, 5.41) is 14.0. The van der Waals surface area contributed by atoms with Crippen LogP contribution in [0, 0.1) is 5.92 Å². The van der Waals surface area contributed by atoms with Crippen LogP contribution in [0.5, 0.6) is 17.2 Å². The molecule has 1 aromatic rings. The molecule has 0 spiro atoms. The minimum absolute atomic E-state index is 0.00456. The summed E-state index contributed by atoms with van der Waals surface area (Å²) in [6.45, 7) is 1.16. The molecule has 1 fully saturated rings. The number of carbonyl (C=O) groups excluding carboxylic acids is 2. The van der Waals surface area contributed by atoms with Crippen LogP contribution in [0.2, 0.25) is 0 Å². The second kappa shape index (κ2) is 8.23. The molecule has 1 aliphatic rings. The smallest absolute Gasteiger partial charge is 0.437 e. The molecule has 2 rings (SSSR count). The first-order valence-corrected chi connectivity index (χ1v) is 8.38. The average molecular weight is 422 g/mol. The maximum atomic E-state index is 13.7. The molecule has 0 radical (unpaired) electrons. The fraction of sp³-hybridized carbons (Fsp3) is 0.529. The van der Waals surface area contributed by atoms with Gasteiger partial charge in [-0.3, -0.25) is 4.79 Å². The Morgan fingerprint density at radius 2 is 1.72 bits per heavy atom. The largest absolute Gasteiger partial charge is 0.493 e. The van der Waals surface area contributed by atoms with E-state index in [1.54, 1.807) is 0 Å². The lowest BCUT2D eigenvalue weighted by molar-refractivity contribution is -0.294. The van der Waals surface area contributed by atoms with E-state index in [0.29, 0.717) is 0 Å². The predicted octanol–water partition coefficient (Wildman–Crippen LogP) is 1.50. The van der Waals surface area contributed by atoms with E-state index in [1.165, 1.54) is 45.7 Å². The van der Waals surface area contributed by atoms with Crippen LogP contribution in [0.3, 0.4) is 0 Å². The summed E-state index contributed by atoms with van der Waals surface area (Å²) in [5.41, 5.74) is -3.87. The molecule has 1 aromatic carbocycles. The van der Waals surface area contributed by atoms with Gasteiger partial charge < -0.3 is 34.7 Å². The summed E-state index contributed by atoms with van der Waals surface area (Å²) in [7, 11) is 3.91. The Kier molecular flexibility index (Phi) is 6.36. The number of amides is 2. The molecule has 0 aromatic heterocycles. The third kappa shape index (κ3) is 3.97. The van der Waals surface area contributed by atoms with E-state index >= 15 is 0 Å². The number of hydrogen-bond donors (Lipinski definition) is 3. The SMILES string of the molecule is CCOC(=O)[C@H]1[C@H](c2cc(OC)c(OC)c(OC)c2)NC(=O)N[C@]1(O)C(F)(F)F. The van der Waals surface area contributed by atoms with Gasteiger partial charge in [-0.15, -0.1) is 0 Å². The summed E-state index contributed by atoms with van der Waals surface area (Å²) < 4.78 is 61.3. The molecule has 0 bridgehead atoms. The van der Waals surface area contributed by atoms with E-state index in [1.807, 2.05) is 0 Å². The van der Waals surface area contributed by atoms with E-state index in [2.05, 4.69) is 5.32 Å². The van der Waals surface area contributed by atoms with Crippen molar-refractivity contribution in [1.29, 1.82) is 0 Å². The maximum absolute atomic E-state index is 13.7. The van der Waals surface area contributed by atoms with Crippen molar-refractivity contribution in [2.24, 2.45) is 5.92 Å². The number of carbonyl (C=O) groups is 2. The monoisotopic (exact) mass is 422 g/mol. The van der Waals surface area contributed by atoms with Gasteiger partial charge in [0.2, 0.25) is 5.75 Å². The number of benzene rings is 1. The molecule has 3 N–H and O–H groups in total. The maximum Gasteiger partial charge on any atom is 0.437 e. The summed E-state index contributed by atoms with van der Waals surface area (Å²) in [5.74, 6) is -3.32. The fourth-order valence-electron chi connectivity index (χ4n) is 3.10. The predicted molar refractivity (Wildman–Crippen MR) is 91.6 cm³/mol. The standard InChI is InChI=1S/C17H21F3N2O7/c1-5-29-14(23)11-12(21-15(24)22-16(11,25)17(18,19)20)8-6-9(26-2)13(28-4)10(7-8)27-3/h6-7,11-12,25H,5H2,1-4H3,(H2,21,22,24)/t11-,12+,16-/m1/s1. The average Bonchev–Trinajstić information content (AvgIpc) is 2.65. The van der Waals surface area contributed by atoms with Gasteiger partial charge in [-0.05, 0) is 24.6 Å². The lowest BCUT2D eigenvalue weighted by Crippen LogP contribution is -2.73. The van der Waals surface area contributed by atoms with E-state index in [0.717, 1.165) is 0 Å². The van der Waals surface area contributed by atoms with Crippen molar-refractivity contribution < 1.29 is 46.8 Å². The number of methoxy groups -OCH3 is 3. The number of halogens is 3. The van der Waals surface area contributed by atoms with Crippen molar-refractivity contribution in [2.75, 3.05) is 27.9 Å². The molecule has 0 aliphatic carbocycles. The Morgan fingerprint density at radius 1 is 1.17 bits per heavy atom. The van der Waals surface area contributed by atoms with E-state index in [-0.39, 0.29) is 29.4 Å². The van der Waals surface area contributed by atoms with E-state index in [9.17, 15) is 27.9 Å². The Bertz CT molecular complexity index is 762. The van der Waals surface area contributed by atoms with Gasteiger partial charge in [-0.2, -0.15) is 13.2 Å². The van der Waals surface area contributed by atoms with Crippen LogP contribution in [-0.4, -0.2) is 56.9 Å². The van der Waals surface area contributed by atoms with Crippen LogP contribution in [0.1, 0.15) is 18.5 Å². The van der Waals surface area contributed by atoms with Crippen LogP contribution in [0.4, 0.5) is 18.0 Å². The van der Waals surface area contributed by atoms with Gasteiger partial charge in [-0.1, -0.05) is 0 Å². The number of esters is 1. The van der Waals surface area contributed by atoms with Crippen LogP contribution in [0.25, 0.3) is 0 Å². The first-order chi connectivity index (χ1) is 13.5. The number of nitrogens with one attached hydrogen (secondary N) is 2. The van der Waals surface area contributed by atoms with Gasteiger partial charge in [0.25, 0.3) is 5.72 Å². The van der Waals surface area contributed by atoms with Crippen LogP contribution in [0.15, 0.2) is 12.1 Å². The van der Waals surface area contributed by atoms with E-state index < -0.39 is 35.9 Å². The Labute approximate surface area is 164 Å². The minimum Gasteiger partial charge on any atom is -0.493 e. The summed E-state index contributed by atoms with van der Waals surface area (Å²) in [6.07, 6.45) is -5.37. The molecule has 29 heavy (non-hydrogen) atoms. The molecule has 1 saturated heterocycles. The number of urea groups is 1. The summed E-state index contributed by atoms with van der Waals surface area (Å²) in [4.78, 5) is 24.4. The molecule has 1 aliphatic heterocycles. The second-order valence-electron chi connectivity index (χ2n) is 6.03. The van der Waals surface area contributed by atoms with Crippen molar-refractivity contribution in [3.63, 3.8) is 0 Å². The molecule has 2 amide bonds. The van der Waals surface area contributed by atoms with Crippen molar-refractivity contribution in [3.05, 3.63) is 17.7 Å². The quantitative estimate of drug-likeness (QED) is 0.595. The number of rotatable bonds is 6. The van der Waals surface area contributed by atoms with Crippen molar-refractivity contribution in [1.82, 2.24) is 10.6 Å². The van der Waals surface area contributed by atoms with E-state index in [4.69, 9.17) is 18.9 Å². The molecule has 1 heterocycles. The summed E-state index contributed by atoms with van der Waals surface area (Å²) >= 11 is 0. The Balaban J connectivity index is 2.70. The molecular formula is C17H21F3N2O7. The highest BCUT2D eigenvalue weighted by Crippen LogP contribution is 2.46. The second-order valence-corrected chi connectivity index (χ2v) is 6.03. The molecular weight excluding hydrogens is 401 g/mol. The van der Waals surface area contributed by atoms with Gasteiger partial charge in [-0.25, -0.2) is 4.79 Å². The molecule has 12 heteroatoms. The fourth-order valence-corrected chi connectivity index (χ4v) is 3.10. The molecule has 9 nitrogen and oxygen atoms in total. The first kappa shape index (κ1) is 22.4. The van der Waals surface area contributed by atoms with Crippen molar-refractivity contribution in [2.45, 2.75) is 24.9 Å². The zero-order chi connectivity index (χ0) is 22.0. The number of alkyl halides is 3. The van der Waals surface area contributed by atoms with Crippen LogP contribution >= 0.6 is 0 Å². The van der Waals surface area contributed by atoms with Gasteiger partial charge in [0.1, 0.15) is 5.92 Å². The molecule has 3 atom stereocenters. The highest BCUT2D eigenvalue weighted by atomic mass is 19.4. The zero-order valence-corrected chi connectivity index (χ0v) is 16.0. The van der Waals surface area contributed by atoms with Gasteiger partial charge >= 0.3 is 18.2 Å². The highest BCUT2D eigenvalue weighted by molar-refractivity contribution is 5.83. The van der Waals surface area contributed by atoms with Gasteiger partial charge in [0.05, 0.1) is 34.0 Å². The highest BCUT2D eigenvalue weighted by Gasteiger charge is 2.67. The molecule has 0 unspecified atom stereocenters. The number of hydrogen-bond acceptors (Lipinski definition) is 7. The van der Waals surface area contributed by atoms with Crippen molar-refractivity contribution in [3.8, 4) is 17.2 Å². The number of aliphatic hydroxyl groups is 1. The molecule has 0 saturated carbocycles. The Hall–Kier alpha value is -2.89. The normalized spacial score (nSPS) is 24.2. The zero-order valence-electron chi connectivity index (χ0n) is 16.0. The van der Waals surface area contributed by atoms with Gasteiger partial charge in [0, 0.05) is 0 Å². The minimum atomic E-state index is -5.37.